The molecule has 1 saturated heterocycles. The van der Waals surface area contributed by atoms with Crippen molar-refractivity contribution in [1.29, 1.82) is 0 Å². The van der Waals surface area contributed by atoms with Crippen LogP contribution in [0, 0.1) is 0 Å². The van der Waals surface area contributed by atoms with Crippen LogP contribution in [0.3, 0.4) is 0 Å². The van der Waals surface area contributed by atoms with Gasteiger partial charge in [-0.3, -0.25) is 4.57 Å². The molecule has 1 aliphatic rings. The number of likely N-dealkylation sites (N-methyl/N-ethyl adjacent to an activating group) is 1. The molecule has 0 spiro atoms. The van der Waals surface area contributed by atoms with Crippen LogP contribution in [0.4, 0.5) is 10.5 Å². The van der Waals surface area contributed by atoms with Crippen molar-refractivity contribution >= 4 is 22.8 Å². The van der Waals surface area contributed by atoms with E-state index in [1.165, 1.54) is 5.56 Å². The third-order valence-corrected chi connectivity index (χ3v) is 5.84. The largest absolute Gasteiger partial charge is 0.367 e. The number of aromatic nitrogens is 2. The second-order valence-electron chi connectivity index (χ2n) is 7.88. The zero-order valence-electron chi connectivity index (χ0n) is 17.2. The molecule has 1 aromatic heterocycles. The van der Waals surface area contributed by atoms with E-state index in [0.717, 1.165) is 49.3 Å². The summed E-state index contributed by atoms with van der Waals surface area (Å²) in [7, 11) is 2.15. The molecule has 1 aliphatic heterocycles. The molecule has 1 atom stereocenters. The summed E-state index contributed by atoms with van der Waals surface area (Å²) in [5.74, 6) is 0.403. The van der Waals surface area contributed by atoms with E-state index in [0.29, 0.717) is 12.5 Å². The zero-order valence-corrected chi connectivity index (χ0v) is 17.2. The number of hydrogen-bond acceptors (Lipinski definition) is 4. The molecule has 2 aromatic carbocycles. The van der Waals surface area contributed by atoms with Crippen LogP contribution in [0.25, 0.3) is 11.0 Å². The topological polar surface area (TPSA) is 53.4 Å². The Morgan fingerprint density at radius 2 is 1.83 bits per heavy atom. The van der Waals surface area contributed by atoms with Gasteiger partial charge in [0.2, 0.25) is 0 Å². The molecule has 0 bridgehead atoms. The first-order chi connectivity index (χ1) is 14.1. The zero-order chi connectivity index (χ0) is 20.2. The first kappa shape index (κ1) is 19.5. The maximum absolute atomic E-state index is 12.8. The molecule has 29 heavy (non-hydrogen) atoms. The van der Waals surface area contributed by atoms with Crippen molar-refractivity contribution in [2.24, 2.45) is 0 Å². The summed E-state index contributed by atoms with van der Waals surface area (Å²) in [5, 5.41) is 3.05. The molecule has 6 nitrogen and oxygen atoms in total. The van der Waals surface area contributed by atoms with Crippen molar-refractivity contribution in [2.45, 2.75) is 19.3 Å². The summed E-state index contributed by atoms with van der Waals surface area (Å²) in [6, 6.07) is 16.4. The number of piperazine rings is 1. The molecular weight excluding hydrogens is 362 g/mol. The van der Waals surface area contributed by atoms with Gasteiger partial charge in [0.05, 0.1) is 11.2 Å². The number of amides is 1. The standard InChI is InChI=1S/C23H29N5O/c1-18(19-7-4-3-5-8-19)11-12-24-23(29)28-17-25-22-20(9-6-10-21(22)28)27-15-13-26(2)14-16-27/h3-10,17-18H,11-16H2,1-2H3,(H,24,29). The van der Waals surface area contributed by atoms with Crippen LogP contribution >= 0.6 is 0 Å². The summed E-state index contributed by atoms with van der Waals surface area (Å²) in [5.41, 5.74) is 4.16. The molecule has 1 fully saturated rings. The summed E-state index contributed by atoms with van der Waals surface area (Å²) < 4.78 is 1.63. The van der Waals surface area contributed by atoms with E-state index in [-0.39, 0.29) is 6.03 Å². The number of nitrogens with one attached hydrogen (secondary N) is 1. The van der Waals surface area contributed by atoms with Gasteiger partial charge < -0.3 is 15.1 Å². The Hall–Kier alpha value is -2.86. The SMILES string of the molecule is CC(CCNC(=O)n1cnc2c(N3CCN(C)CC3)cccc21)c1ccccc1. The minimum absolute atomic E-state index is 0.122. The Morgan fingerprint density at radius 1 is 1.07 bits per heavy atom. The van der Waals surface area contributed by atoms with E-state index in [9.17, 15) is 4.79 Å². The number of rotatable bonds is 5. The minimum atomic E-state index is -0.122. The van der Waals surface area contributed by atoms with Crippen LogP contribution in [0.5, 0.6) is 0 Å². The average Bonchev–Trinajstić information content (AvgIpc) is 3.19. The molecule has 0 saturated carbocycles. The molecule has 152 valence electrons. The van der Waals surface area contributed by atoms with E-state index in [1.54, 1.807) is 10.9 Å². The van der Waals surface area contributed by atoms with E-state index in [1.807, 2.05) is 18.2 Å². The average molecular weight is 392 g/mol. The molecule has 1 unspecified atom stereocenters. The summed E-state index contributed by atoms with van der Waals surface area (Å²) in [6.45, 7) is 6.86. The van der Waals surface area contributed by atoms with E-state index >= 15 is 0 Å². The van der Waals surface area contributed by atoms with Crippen LogP contribution in [0.15, 0.2) is 54.9 Å². The van der Waals surface area contributed by atoms with Crippen LogP contribution in [-0.4, -0.2) is 60.3 Å². The molecule has 1 N–H and O–H groups in total. The number of para-hydroxylation sites is 1. The highest BCUT2D eigenvalue weighted by Gasteiger charge is 2.19. The Bertz CT molecular complexity index is 960. The van der Waals surface area contributed by atoms with E-state index < -0.39 is 0 Å². The highest BCUT2D eigenvalue weighted by atomic mass is 16.2. The van der Waals surface area contributed by atoms with Crippen molar-refractivity contribution in [1.82, 2.24) is 19.8 Å². The van der Waals surface area contributed by atoms with Crippen molar-refractivity contribution in [2.75, 3.05) is 44.7 Å². The minimum Gasteiger partial charge on any atom is -0.367 e. The van der Waals surface area contributed by atoms with Gasteiger partial charge >= 0.3 is 6.03 Å². The summed E-state index contributed by atoms with van der Waals surface area (Å²) in [4.78, 5) is 22.0. The number of imidazole rings is 1. The van der Waals surface area contributed by atoms with Crippen molar-refractivity contribution < 1.29 is 4.79 Å². The highest BCUT2D eigenvalue weighted by molar-refractivity contribution is 5.95. The molecule has 2 heterocycles. The van der Waals surface area contributed by atoms with Gasteiger partial charge in [0.1, 0.15) is 11.8 Å². The van der Waals surface area contributed by atoms with E-state index in [2.05, 4.69) is 64.4 Å². The number of benzene rings is 2. The van der Waals surface area contributed by atoms with Crippen LogP contribution in [-0.2, 0) is 0 Å². The van der Waals surface area contributed by atoms with Crippen LogP contribution < -0.4 is 10.2 Å². The van der Waals surface area contributed by atoms with Gasteiger partial charge in [-0.2, -0.15) is 0 Å². The fourth-order valence-electron chi connectivity index (χ4n) is 3.92. The van der Waals surface area contributed by atoms with Crippen molar-refractivity contribution in [3.05, 3.63) is 60.4 Å². The van der Waals surface area contributed by atoms with E-state index in [4.69, 9.17) is 0 Å². The maximum Gasteiger partial charge on any atom is 0.327 e. The lowest BCUT2D eigenvalue weighted by Crippen LogP contribution is -2.44. The van der Waals surface area contributed by atoms with Crippen molar-refractivity contribution in [3.8, 4) is 0 Å². The summed E-state index contributed by atoms with van der Waals surface area (Å²) in [6.07, 6.45) is 2.54. The quantitative estimate of drug-likeness (QED) is 0.723. The second-order valence-corrected chi connectivity index (χ2v) is 7.88. The fraction of sp³-hybridized carbons (Fsp3) is 0.391. The Morgan fingerprint density at radius 3 is 2.59 bits per heavy atom. The lowest BCUT2D eigenvalue weighted by molar-refractivity contribution is 0.243. The fourth-order valence-corrected chi connectivity index (χ4v) is 3.92. The van der Waals surface area contributed by atoms with Gasteiger partial charge in [-0.1, -0.05) is 43.3 Å². The van der Waals surface area contributed by atoms with Gasteiger partial charge in [-0.15, -0.1) is 0 Å². The predicted molar refractivity (Wildman–Crippen MR) is 118 cm³/mol. The predicted octanol–water partition coefficient (Wildman–Crippen LogP) is 3.54. The Kier molecular flexibility index (Phi) is 5.81. The third-order valence-electron chi connectivity index (χ3n) is 5.84. The normalized spacial score (nSPS) is 16.1. The van der Waals surface area contributed by atoms with Crippen LogP contribution in [0.2, 0.25) is 0 Å². The lowest BCUT2D eigenvalue weighted by atomic mass is 9.98. The van der Waals surface area contributed by atoms with Crippen LogP contribution in [0.1, 0.15) is 24.8 Å². The third kappa shape index (κ3) is 4.27. The van der Waals surface area contributed by atoms with Gasteiger partial charge in [0.25, 0.3) is 0 Å². The highest BCUT2D eigenvalue weighted by Crippen LogP contribution is 2.26. The number of nitrogens with zero attached hydrogens (tertiary/aromatic N) is 4. The summed E-state index contributed by atoms with van der Waals surface area (Å²) >= 11 is 0. The number of hydrogen-bond donors (Lipinski definition) is 1. The maximum atomic E-state index is 12.8. The number of carbonyl (C=O) groups is 1. The molecular formula is C23H29N5O. The molecule has 0 aliphatic carbocycles. The number of fused-ring (bicyclic) bond motifs is 1. The van der Waals surface area contributed by atoms with Gasteiger partial charge in [0, 0.05) is 32.7 Å². The molecule has 6 heteroatoms. The van der Waals surface area contributed by atoms with Gasteiger partial charge in [0.15, 0.2) is 0 Å². The first-order valence-electron chi connectivity index (χ1n) is 10.4. The second kappa shape index (κ2) is 8.66. The van der Waals surface area contributed by atoms with Gasteiger partial charge in [-0.25, -0.2) is 9.78 Å². The Balaban J connectivity index is 1.42. The monoisotopic (exact) mass is 391 g/mol. The molecule has 3 aromatic rings. The Labute approximate surface area is 172 Å². The number of carbonyl (C=O) groups excluding carboxylic acids is 1. The van der Waals surface area contributed by atoms with Gasteiger partial charge in [-0.05, 0) is 37.1 Å². The lowest BCUT2D eigenvalue weighted by Gasteiger charge is -2.34. The molecule has 0 radical (unpaired) electrons. The number of anilines is 1. The smallest absolute Gasteiger partial charge is 0.327 e. The molecule has 4 rings (SSSR count). The first-order valence-corrected chi connectivity index (χ1v) is 10.4. The molecule has 1 amide bonds. The van der Waals surface area contributed by atoms with Crippen molar-refractivity contribution in [3.63, 3.8) is 0 Å².